The minimum absolute atomic E-state index is 0.132. The lowest BCUT2D eigenvalue weighted by atomic mass is 10.1. The second-order valence-electron chi connectivity index (χ2n) is 4.37. The number of fused-ring (bicyclic) bond motifs is 1. The molecule has 0 unspecified atom stereocenters. The van der Waals surface area contributed by atoms with Crippen LogP contribution in [0.3, 0.4) is 0 Å². The number of hydrogen-bond acceptors (Lipinski definition) is 4. The molecule has 0 aliphatic carbocycles. The lowest BCUT2D eigenvalue weighted by Gasteiger charge is -2.07. The van der Waals surface area contributed by atoms with Crippen LogP contribution >= 0.6 is 22.9 Å². The second kappa shape index (κ2) is 5.31. The van der Waals surface area contributed by atoms with Gasteiger partial charge in [-0.05, 0) is 18.2 Å². The molecule has 0 saturated carbocycles. The Morgan fingerprint density at radius 1 is 1.24 bits per heavy atom. The van der Waals surface area contributed by atoms with E-state index in [1.165, 1.54) is 11.3 Å². The highest BCUT2D eigenvalue weighted by Crippen LogP contribution is 2.22. The molecule has 0 aliphatic rings. The average molecular weight is 321 g/mol. The van der Waals surface area contributed by atoms with Gasteiger partial charge in [0.1, 0.15) is 0 Å². The van der Waals surface area contributed by atoms with Gasteiger partial charge in [0.2, 0.25) is 0 Å². The van der Waals surface area contributed by atoms with Crippen LogP contribution in [-0.4, -0.2) is 20.9 Å². The third kappa shape index (κ3) is 2.55. The number of hydrogen-bond donors (Lipinski definition) is 1. The Hall–Kier alpha value is -2.18. The monoisotopic (exact) mass is 320 g/mol. The highest BCUT2D eigenvalue weighted by Gasteiger charge is 2.15. The fourth-order valence-electron chi connectivity index (χ4n) is 2.08. The topological polar surface area (TPSA) is 72.2 Å². The van der Waals surface area contributed by atoms with E-state index in [-0.39, 0.29) is 17.8 Å². The SMILES string of the molecule is O=C(O)c1nn(Cc2ccc(Cl)s2)c(=O)c2ccccc12. The summed E-state index contributed by atoms with van der Waals surface area (Å²) >= 11 is 7.19. The fourth-order valence-corrected chi connectivity index (χ4v) is 3.15. The van der Waals surface area contributed by atoms with Crippen molar-refractivity contribution in [3.63, 3.8) is 0 Å². The number of aromatic nitrogens is 2. The van der Waals surface area contributed by atoms with E-state index in [0.717, 1.165) is 9.56 Å². The van der Waals surface area contributed by atoms with E-state index in [4.69, 9.17) is 11.6 Å². The molecule has 0 amide bonds. The highest BCUT2D eigenvalue weighted by molar-refractivity contribution is 7.16. The second-order valence-corrected chi connectivity index (χ2v) is 6.17. The summed E-state index contributed by atoms with van der Waals surface area (Å²) in [5, 5.41) is 13.9. The van der Waals surface area contributed by atoms with Crippen molar-refractivity contribution in [1.29, 1.82) is 0 Å². The molecule has 21 heavy (non-hydrogen) atoms. The molecule has 5 nitrogen and oxygen atoms in total. The van der Waals surface area contributed by atoms with Crippen molar-refractivity contribution in [1.82, 2.24) is 9.78 Å². The molecule has 3 aromatic rings. The van der Waals surface area contributed by atoms with Gasteiger partial charge in [0.25, 0.3) is 5.56 Å². The Bertz CT molecular complexity index is 901. The van der Waals surface area contributed by atoms with Crippen molar-refractivity contribution < 1.29 is 9.90 Å². The number of rotatable bonds is 3. The third-order valence-electron chi connectivity index (χ3n) is 3.00. The van der Waals surface area contributed by atoms with Gasteiger partial charge in [0.05, 0.1) is 16.3 Å². The number of carboxylic acid groups (broad SMARTS) is 1. The molecular formula is C14H9ClN2O3S. The van der Waals surface area contributed by atoms with Gasteiger partial charge in [-0.2, -0.15) is 5.10 Å². The summed E-state index contributed by atoms with van der Waals surface area (Å²) in [4.78, 5) is 24.6. The Labute approximate surface area is 128 Å². The van der Waals surface area contributed by atoms with E-state index in [0.29, 0.717) is 15.1 Å². The van der Waals surface area contributed by atoms with Crippen LogP contribution in [0, 0.1) is 0 Å². The van der Waals surface area contributed by atoms with E-state index in [1.807, 2.05) is 0 Å². The van der Waals surface area contributed by atoms with Crippen LogP contribution in [0.5, 0.6) is 0 Å². The van der Waals surface area contributed by atoms with Crippen LogP contribution in [0.15, 0.2) is 41.2 Å². The molecule has 0 saturated heterocycles. The van der Waals surface area contributed by atoms with Crippen molar-refractivity contribution in [3.05, 3.63) is 61.7 Å². The van der Waals surface area contributed by atoms with Crippen LogP contribution in [0.25, 0.3) is 10.8 Å². The lowest BCUT2D eigenvalue weighted by molar-refractivity contribution is 0.0690. The van der Waals surface area contributed by atoms with Crippen LogP contribution in [0.1, 0.15) is 15.4 Å². The molecule has 7 heteroatoms. The first kappa shape index (κ1) is 13.8. The third-order valence-corrected chi connectivity index (χ3v) is 4.22. The van der Waals surface area contributed by atoms with Gasteiger partial charge >= 0.3 is 5.97 Å². The largest absolute Gasteiger partial charge is 0.476 e. The summed E-state index contributed by atoms with van der Waals surface area (Å²) in [5.41, 5.74) is -0.451. The van der Waals surface area contributed by atoms with Gasteiger partial charge in [-0.3, -0.25) is 4.79 Å². The first-order chi connectivity index (χ1) is 10.1. The van der Waals surface area contributed by atoms with Crippen LogP contribution in [-0.2, 0) is 6.54 Å². The zero-order valence-corrected chi connectivity index (χ0v) is 12.2. The van der Waals surface area contributed by atoms with Crippen molar-refractivity contribution >= 4 is 39.7 Å². The molecule has 0 fully saturated rings. The van der Waals surface area contributed by atoms with Gasteiger partial charge in [-0.15, -0.1) is 11.3 Å². The molecule has 0 aliphatic heterocycles. The Morgan fingerprint density at radius 2 is 1.95 bits per heavy atom. The fraction of sp³-hybridized carbons (Fsp3) is 0.0714. The molecule has 3 rings (SSSR count). The van der Waals surface area contributed by atoms with Crippen molar-refractivity contribution in [2.75, 3.05) is 0 Å². The normalized spacial score (nSPS) is 10.9. The molecule has 1 aromatic carbocycles. The van der Waals surface area contributed by atoms with Gasteiger partial charge in [-0.25, -0.2) is 9.48 Å². The average Bonchev–Trinajstić information content (AvgIpc) is 2.87. The molecule has 0 spiro atoms. The molecule has 1 N–H and O–H groups in total. The van der Waals surface area contributed by atoms with Crippen LogP contribution in [0.4, 0.5) is 0 Å². The number of aromatic carboxylic acids is 1. The molecular weight excluding hydrogens is 312 g/mol. The van der Waals surface area contributed by atoms with Crippen molar-refractivity contribution in [2.45, 2.75) is 6.54 Å². The minimum Gasteiger partial charge on any atom is -0.476 e. The summed E-state index contributed by atoms with van der Waals surface area (Å²) in [7, 11) is 0. The maximum atomic E-state index is 12.4. The molecule has 106 valence electrons. The number of carbonyl (C=O) groups is 1. The van der Waals surface area contributed by atoms with Gasteiger partial charge in [0.15, 0.2) is 5.69 Å². The van der Waals surface area contributed by atoms with E-state index in [9.17, 15) is 14.7 Å². The maximum Gasteiger partial charge on any atom is 0.357 e. The maximum absolute atomic E-state index is 12.4. The molecule has 2 aromatic heterocycles. The van der Waals surface area contributed by atoms with Gasteiger partial charge < -0.3 is 5.11 Å². The number of halogens is 1. The molecule has 0 radical (unpaired) electrons. The van der Waals surface area contributed by atoms with E-state index >= 15 is 0 Å². The predicted molar refractivity (Wildman–Crippen MR) is 81.4 cm³/mol. The number of thiophene rings is 1. The highest BCUT2D eigenvalue weighted by atomic mass is 35.5. The van der Waals surface area contributed by atoms with Gasteiger partial charge in [-0.1, -0.05) is 29.8 Å². The Morgan fingerprint density at radius 3 is 2.57 bits per heavy atom. The molecule has 0 bridgehead atoms. The molecule has 0 atom stereocenters. The number of carboxylic acids is 1. The summed E-state index contributed by atoms with van der Waals surface area (Å²) in [5.74, 6) is -1.16. The van der Waals surface area contributed by atoms with Crippen molar-refractivity contribution in [2.24, 2.45) is 0 Å². The lowest BCUT2D eigenvalue weighted by Crippen LogP contribution is -2.26. The standard InChI is InChI=1S/C14H9ClN2O3S/c15-11-6-5-8(21-11)7-17-13(18)10-4-2-1-3-9(10)12(16-17)14(19)20/h1-6H,7H2,(H,19,20). The Kier molecular flexibility index (Phi) is 3.48. The predicted octanol–water partition coefficient (Wildman–Crippen LogP) is 2.86. The van der Waals surface area contributed by atoms with Crippen molar-refractivity contribution in [3.8, 4) is 0 Å². The van der Waals surface area contributed by atoms with Crippen LogP contribution < -0.4 is 5.56 Å². The smallest absolute Gasteiger partial charge is 0.357 e. The Balaban J connectivity index is 2.21. The summed E-state index contributed by atoms with van der Waals surface area (Å²) in [6.07, 6.45) is 0. The zero-order chi connectivity index (χ0) is 15.0. The first-order valence-corrected chi connectivity index (χ1v) is 7.23. The van der Waals surface area contributed by atoms with E-state index in [1.54, 1.807) is 36.4 Å². The zero-order valence-electron chi connectivity index (χ0n) is 10.6. The van der Waals surface area contributed by atoms with E-state index < -0.39 is 5.97 Å². The molecule has 2 heterocycles. The van der Waals surface area contributed by atoms with E-state index in [2.05, 4.69) is 5.10 Å². The number of benzene rings is 1. The summed E-state index contributed by atoms with van der Waals surface area (Å²) < 4.78 is 1.77. The summed E-state index contributed by atoms with van der Waals surface area (Å²) in [6, 6.07) is 10.1. The van der Waals surface area contributed by atoms with Gasteiger partial charge in [0, 0.05) is 10.3 Å². The summed E-state index contributed by atoms with van der Waals surface area (Å²) in [6.45, 7) is 0.196. The number of nitrogens with zero attached hydrogens (tertiary/aromatic N) is 2. The van der Waals surface area contributed by atoms with Crippen LogP contribution in [0.2, 0.25) is 4.34 Å². The minimum atomic E-state index is -1.16. The first-order valence-electron chi connectivity index (χ1n) is 6.03. The quantitative estimate of drug-likeness (QED) is 0.805.